The minimum Gasteiger partial charge on any atom is -0.497 e. The van der Waals surface area contributed by atoms with Gasteiger partial charge < -0.3 is 9.47 Å². The Kier molecular flexibility index (Phi) is 3.34. The van der Waals surface area contributed by atoms with E-state index in [4.69, 9.17) is 9.47 Å². The number of benzene rings is 1. The quantitative estimate of drug-likeness (QED) is 0.730. The van der Waals surface area contributed by atoms with Gasteiger partial charge in [0.2, 0.25) is 0 Å². The third-order valence-corrected chi connectivity index (χ3v) is 2.69. The van der Waals surface area contributed by atoms with Crippen LogP contribution in [0.25, 0.3) is 0 Å². The smallest absolute Gasteiger partial charge is 0.197 e. The Labute approximate surface area is 101 Å². The van der Waals surface area contributed by atoms with Crippen LogP contribution in [0.5, 0.6) is 5.75 Å². The van der Waals surface area contributed by atoms with E-state index in [9.17, 15) is 0 Å². The van der Waals surface area contributed by atoms with Crippen LogP contribution < -0.4 is 4.74 Å². The van der Waals surface area contributed by atoms with E-state index in [0.29, 0.717) is 0 Å². The first-order valence-electron chi connectivity index (χ1n) is 5.56. The predicted molar refractivity (Wildman–Crippen MR) is 67.6 cm³/mol. The molecule has 1 aliphatic heterocycles. The molecule has 0 unspecified atom stereocenters. The number of methoxy groups -OCH3 is 1. The first-order chi connectivity index (χ1) is 8.24. The van der Waals surface area contributed by atoms with Crippen LogP contribution in [0.15, 0.2) is 29.3 Å². The van der Waals surface area contributed by atoms with E-state index in [1.807, 2.05) is 31.2 Å². The second kappa shape index (κ2) is 4.92. The average Bonchev–Trinajstić information content (AvgIpc) is 2.38. The predicted octanol–water partition coefficient (Wildman–Crippen LogP) is 2.78. The van der Waals surface area contributed by atoms with Crippen molar-refractivity contribution in [1.29, 1.82) is 0 Å². The van der Waals surface area contributed by atoms with Gasteiger partial charge in [0.05, 0.1) is 18.7 Å². The molecule has 0 bridgehead atoms. The van der Waals surface area contributed by atoms with Crippen LogP contribution in [0.1, 0.15) is 13.8 Å². The summed E-state index contributed by atoms with van der Waals surface area (Å²) in [7, 11) is 1.64. The molecule has 1 aliphatic rings. The van der Waals surface area contributed by atoms with Crippen LogP contribution in [0.4, 0.5) is 5.69 Å². The zero-order valence-electron chi connectivity index (χ0n) is 10.2. The zero-order chi connectivity index (χ0) is 12.3. The Balaban J connectivity index is 2.07. The van der Waals surface area contributed by atoms with Gasteiger partial charge in [0.25, 0.3) is 0 Å². The van der Waals surface area contributed by atoms with Gasteiger partial charge in [0.1, 0.15) is 5.75 Å². The molecule has 1 heterocycles. The Hall–Kier alpha value is -1.95. The maximum absolute atomic E-state index is 5.50. The molecule has 2 atom stereocenters. The normalized spacial score (nSPS) is 24.3. The molecule has 0 saturated carbocycles. The number of nitrogens with zero attached hydrogens (tertiary/aromatic N) is 1. The first kappa shape index (κ1) is 11.5. The molecule has 0 N–H and O–H groups in total. The maximum Gasteiger partial charge on any atom is 0.197 e. The van der Waals surface area contributed by atoms with E-state index >= 15 is 0 Å². The fourth-order valence-corrected chi connectivity index (χ4v) is 1.61. The lowest BCUT2D eigenvalue weighted by atomic mass is 9.99. The van der Waals surface area contributed by atoms with Gasteiger partial charge in [-0.25, -0.2) is 4.99 Å². The van der Waals surface area contributed by atoms with Gasteiger partial charge in [0, 0.05) is 0 Å². The summed E-state index contributed by atoms with van der Waals surface area (Å²) >= 11 is 0. The van der Waals surface area contributed by atoms with Crippen molar-refractivity contribution in [3.05, 3.63) is 24.3 Å². The Morgan fingerprint density at radius 1 is 1.29 bits per heavy atom. The molecule has 0 spiro atoms. The monoisotopic (exact) mass is 229 g/mol. The van der Waals surface area contributed by atoms with Crippen molar-refractivity contribution < 1.29 is 9.47 Å². The Bertz CT molecular complexity index is 479. The fraction of sp³-hybridized carbons (Fsp3) is 0.357. The largest absolute Gasteiger partial charge is 0.497 e. The summed E-state index contributed by atoms with van der Waals surface area (Å²) in [5, 5.41) is 0. The minimum absolute atomic E-state index is 0.00278. The highest BCUT2D eigenvalue weighted by Crippen LogP contribution is 2.26. The van der Waals surface area contributed by atoms with E-state index in [-0.39, 0.29) is 12.0 Å². The van der Waals surface area contributed by atoms with Crippen LogP contribution in [0.2, 0.25) is 0 Å². The van der Waals surface area contributed by atoms with E-state index in [1.165, 1.54) is 0 Å². The molecule has 0 amide bonds. The van der Waals surface area contributed by atoms with Crippen molar-refractivity contribution in [3.63, 3.8) is 0 Å². The van der Waals surface area contributed by atoms with Crippen molar-refractivity contribution in [2.45, 2.75) is 20.0 Å². The minimum atomic E-state index is -0.00278. The summed E-state index contributed by atoms with van der Waals surface area (Å²) < 4.78 is 10.6. The molecule has 0 aliphatic carbocycles. The first-order valence-corrected chi connectivity index (χ1v) is 5.56. The van der Waals surface area contributed by atoms with Crippen molar-refractivity contribution in [3.8, 4) is 17.6 Å². The number of aliphatic imine (C=N–C) groups is 1. The second-order valence-corrected chi connectivity index (χ2v) is 3.87. The van der Waals surface area contributed by atoms with Gasteiger partial charge >= 0.3 is 0 Å². The van der Waals surface area contributed by atoms with Crippen molar-refractivity contribution >= 4 is 11.6 Å². The molecule has 0 aromatic heterocycles. The Morgan fingerprint density at radius 2 is 2.00 bits per heavy atom. The standard InChI is InChI=1S/C14H15NO2/c1-4-5-13-10(2)14(17-13)15-11-6-8-12(16-3)9-7-11/h6-10,13H,1-3H3/t10-,13+/m0/s1. The summed E-state index contributed by atoms with van der Waals surface area (Å²) in [6.45, 7) is 3.88. The topological polar surface area (TPSA) is 30.8 Å². The lowest BCUT2D eigenvalue weighted by Crippen LogP contribution is -2.42. The lowest BCUT2D eigenvalue weighted by molar-refractivity contribution is 0.116. The van der Waals surface area contributed by atoms with E-state index in [1.54, 1.807) is 7.11 Å². The van der Waals surface area contributed by atoms with Crippen molar-refractivity contribution in [2.24, 2.45) is 10.9 Å². The number of rotatable bonds is 2. The molecule has 3 nitrogen and oxygen atoms in total. The molecular weight excluding hydrogens is 214 g/mol. The summed E-state index contributed by atoms with van der Waals surface area (Å²) in [6, 6.07) is 7.57. The third kappa shape index (κ3) is 2.42. The SMILES string of the molecule is CC#C[C@H]1OC(=Nc2ccc(OC)cc2)[C@H]1C. The third-order valence-electron chi connectivity index (χ3n) is 2.69. The summed E-state index contributed by atoms with van der Waals surface area (Å²) in [4.78, 5) is 4.42. The molecular formula is C14H15NO2. The molecule has 0 radical (unpaired) electrons. The van der Waals surface area contributed by atoms with Gasteiger partial charge in [-0.1, -0.05) is 5.92 Å². The lowest BCUT2D eigenvalue weighted by Gasteiger charge is -2.32. The molecule has 1 fully saturated rings. The summed E-state index contributed by atoms with van der Waals surface area (Å²) in [5.41, 5.74) is 0.871. The highest BCUT2D eigenvalue weighted by molar-refractivity contribution is 5.87. The molecule has 1 aromatic carbocycles. The molecule has 88 valence electrons. The van der Waals surface area contributed by atoms with Crippen LogP contribution >= 0.6 is 0 Å². The van der Waals surface area contributed by atoms with Gasteiger partial charge in [-0.05, 0) is 38.1 Å². The van der Waals surface area contributed by atoms with Gasteiger partial charge in [-0.3, -0.25) is 0 Å². The van der Waals surface area contributed by atoms with E-state index in [0.717, 1.165) is 17.3 Å². The van der Waals surface area contributed by atoms with Gasteiger partial charge in [-0.15, -0.1) is 5.92 Å². The maximum atomic E-state index is 5.50. The zero-order valence-corrected chi connectivity index (χ0v) is 10.2. The number of ether oxygens (including phenoxy) is 2. The van der Waals surface area contributed by atoms with Gasteiger partial charge in [-0.2, -0.15) is 0 Å². The Morgan fingerprint density at radius 3 is 2.53 bits per heavy atom. The van der Waals surface area contributed by atoms with Crippen molar-refractivity contribution in [1.82, 2.24) is 0 Å². The average molecular weight is 229 g/mol. The summed E-state index contributed by atoms with van der Waals surface area (Å²) in [5.74, 6) is 7.69. The van der Waals surface area contributed by atoms with Gasteiger partial charge in [0.15, 0.2) is 12.0 Å². The second-order valence-electron chi connectivity index (χ2n) is 3.87. The van der Waals surface area contributed by atoms with Crippen LogP contribution in [-0.2, 0) is 4.74 Å². The van der Waals surface area contributed by atoms with Crippen LogP contribution in [-0.4, -0.2) is 19.1 Å². The van der Waals surface area contributed by atoms with Crippen LogP contribution in [0.3, 0.4) is 0 Å². The molecule has 3 heteroatoms. The molecule has 1 aromatic rings. The fourth-order valence-electron chi connectivity index (χ4n) is 1.61. The number of hydrogen-bond donors (Lipinski definition) is 0. The number of hydrogen-bond acceptors (Lipinski definition) is 3. The van der Waals surface area contributed by atoms with Crippen LogP contribution in [0, 0.1) is 17.8 Å². The van der Waals surface area contributed by atoms with E-state index in [2.05, 4.69) is 23.8 Å². The van der Waals surface area contributed by atoms with E-state index < -0.39 is 0 Å². The molecule has 2 rings (SSSR count). The van der Waals surface area contributed by atoms with Crippen molar-refractivity contribution in [2.75, 3.05) is 7.11 Å². The molecule has 1 saturated heterocycles. The molecule has 17 heavy (non-hydrogen) atoms. The highest BCUT2D eigenvalue weighted by atomic mass is 16.5. The summed E-state index contributed by atoms with van der Waals surface area (Å²) in [6.07, 6.45) is -0.00278. The highest BCUT2D eigenvalue weighted by Gasteiger charge is 2.35.